The van der Waals surface area contributed by atoms with Crippen molar-refractivity contribution in [2.24, 2.45) is 5.73 Å². The minimum absolute atomic E-state index is 0.0273. The highest BCUT2D eigenvalue weighted by atomic mass is 16.5. The van der Waals surface area contributed by atoms with Crippen LogP contribution >= 0.6 is 0 Å². The molecule has 88 valence electrons. The molecule has 1 heterocycles. The van der Waals surface area contributed by atoms with Crippen LogP contribution in [0.15, 0.2) is 0 Å². The monoisotopic (exact) mass is 216 g/mol. The van der Waals surface area contributed by atoms with Crippen LogP contribution in [0, 0.1) is 0 Å². The topological polar surface area (TPSA) is 64.8 Å². The van der Waals surface area contributed by atoms with Crippen LogP contribution in [0.3, 0.4) is 0 Å². The van der Waals surface area contributed by atoms with Crippen LogP contribution in [0.25, 0.3) is 0 Å². The summed E-state index contributed by atoms with van der Waals surface area (Å²) in [6.07, 6.45) is 0.894. The SMILES string of the molecule is CCOCCOCC(=O)N1CCC(N)C1. The van der Waals surface area contributed by atoms with Crippen molar-refractivity contribution >= 4 is 5.91 Å². The largest absolute Gasteiger partial charge is 0.379 e. The van der Waals surface area contributed by atoms with Crippen LogP contribution in [-0.4, -0.2) is 56.4 Å². The number of ether oxygens (including phenoxy) is 2. The number of hydrogen-bond acceptors (Lipinski definition) is 4. The van der Waals surface area contributed by atoms with Gasteiger partial charge in [0.25, 0.3) is 0 Å². The maximum absolute atomic E-state index is 11.5. The molecule has 1 fully saturated rings. The summed E-state index contributed by atoms with van der Waals surface area (Å²) >= 11 is 0. The number of hydrogen-bond donors (Lipinski definition) is 1. The van der Waals surface area contributed by atoms with Crippen molar-refractivity contribution in [2.75, 3.05) is 39.5 Å². The normalized spacial score (nSPS) is 20.9. The highest BCUT2D eigenvalue weighted by Gasteiger charge is 2.23. The highest BCUT2D eigenvalue weighted by molar-refractivity contribution is 5.77. The molecule has 0 radical (unpaired) electrons. The zero-order chi connectivity index (χ0) is 11.1. The molecule has 5 nitrogen and oxygen atoms in total. The second-order valence-electron chi connectivity index (χ2n) is 3.64. The first kappa shape index (κ1) is 12.4. The zero-order valence-corrected chi connectivity index (χ0v) is 9.28. The van der Waals surface area contributed by atoms with Gasteiger partial charge in [-0.3, -0.25) is 4.79 Å². The Bertz CT molecular complexity index is 199. The van der Waals surface area contributed by atoms with Gasteiger partial charge in [-0.15, -0.1) is 0 Å². The molecule has 0 saturated carbocycles. The first-order chi connectivity index (χ1) is 7.24. The number of rotatable bonds is 6. The molecule has 1 rings (SSSR count). The molecule has 1 amide bonds. The van der Waals surface area contributed by atoms with Crippen LogP contribution in [-0.2, 0) is 14.3 Å². The fourth-order valence-electron chi connectivity index (χ4n) is 1.53. The lowest BCUT2D eigenvalue weighted by atomic mass is 10.3. The molecule has 1 atom stereocenters. The predicted octanol–water partition coefficient (Wildman–Crippen LogP) is -0.401. The number of nitrogens with two attached hydrogens (primary N) is 1. The standard InChI is InChI=1S/C10H20N2O3/c1-2-14-5-6-15-8-10(13)12-4-3-9(11)7-12/h9H,2-8,11H2,1H3. The number of carbonyl (C=O) groups is 1. The van der Waals surface area contributed by atoms with E-state index in [1.807, 2.05) is 6.92 Å². The first-order valence-electron chi connectivity index (χ1n) is 5.43. The van der Waals surface area contributed by atoms with Crippen LogP contribution < -0.4 is 5.73 Å². The molecular weight excluding hydrogens is 196 g/mol. The Balaban J connectivity index is 2.03. The summed E-state index contributed by atoms with van der Waals surface area (Å²) in [5.74, 6) is 0.0273. The summed E-state index contributed by atoms with van der Waals surface area (Å²) in [6.45, 7) is 5.18. The van der Waals surface area contributed by atoms with E-state index in [1.165, 1.54) is 0 Å². The van der Waals surface area contributed by atoms with Gasteiger partial charge < -0.3 is 20.1 Å². The van der Waals surface area contributed by atoms with Gasteiger partial charge in [0.1, 0.15) is 6.61 Å². The van der Waals surface area contributed by atoms with E-state index in [2.05, 4.69) is 0 Å². The average Bonchev–Trinajstić information content (AvgIpc) is 2.64. The minimum atomic E-state index is 0.0273. The fourth-order valence-corrected chi connectivity index (χ4v) is 1.53. The lowest BCUT2D eigenvalue weighted by Crippen LogP contribution is -2.34. The van der Waals surface area contributed by atoms with Crippen molar-refractivity contribution in [2.45, 2.75) is 19.4 Å². The molecule has 1 aliphatic heterocycles. The van der Waals surface area contributed by atoms with Crippen LogP contribution in [0.2, 0.25) is 0 Å². The van der Waals surface area contributed by atoms with Gasteiger partial charge in [0.15, 0.2) is 0 Å². The maximum atomic E-state index is 11.5. The molecule has 0 aromatic carbocycles. The van der Waals surface area contributed by atoms with Crippen LogP contribution in [0.1, 0.15) is 13.3 Å². The Hall–Kier alpha value is -0.650. The van der Waals surface area contributed by atoms with Gasteiger partial charge >= 0.3 is 0 Å². The van der Waals surface area contributed by atoms with Crippen LogP contribution in [0.5, 0.6) is 0 Å². The summed E-state index contributed by atoms with van der Waals surface area (Å²) in [7, 11) is 0. The third-order valence-corrected chi connectivity index (χ3v) is 2.38. The van der Waals surface area contributed by atoms with Gasteiger partial charge in [0, 0.05) is 25.7 Å². The first-order valence-corrected chi connectivity index (χ1v) is 5.43. The van der Waals surface area contributed by atoms with Gasteiger partial charge in [0.2, 0.25) is 5.91 Å². The Labute approximate surface area is 90.5 Å². The van der Waals surface area contributed by atoms with E-state index in [1.54, 1.807) is 4.90 Å². The molecule has 0 spiro atoms. The Morgan fingerprint density at radius 3 is 2.80 bits per heavy atom. The van der Waals surface area contributed by atoms with Gasteiger partial charge in [-0.25, -0.2) is 0 Å². The third-order valence-electron chi connectivity index (χ3n) is 2.38. The fraction of sp³-hybridized carbons (Fsp3) is 0.900. The number of likely N-dealkylation sites (tertiary alicyclic amines) is 1. The molecule has 1 unspecified atom stereocenters. The summed E-state index contributed by atoms with van der Waals surface area (Å²) in [6, 6.07) is 0.136. The summed E-state index contributed by atoms with van der Waals surface area (Å²) < 4.78 is 10.3. The molecule has 0 aromatic rings. The Morgan fingerprint density at radius 2 is 2.20 bits per heavy atom. The lowest BCUT2D eigenvalue weighted by molar-refractivity contribution is -0.135. The van der Waals surface area contributed by atoms with Crippen LogP contribution in [0.4, 0.5) is 0 Å². The van der Waals surface area contributed by atoms with Gasteiger partial charge in [-0.05, 0) is 13.3 Å². The van der Waals surface area contributed by atoms with Gasteiger partial charge in [-0.2, -0.15) is 0 Å². The van der Waals surface area contributed by atoms with Crippen molar-refractivity contribution < 1.29 is 14.3 Å². The lowest BCUT2D eigenvalue weighted by Gasteiger charge is -2.15. The summed E-state index contributed by atoms with van der Waals surface area (Å²) in [5.41, 5.74) is 5.70. The molecule has 15 heavy (non-hydrogen) atoms. The minimum Gasteiger partial charge on any atom is -0.379 e. The smallest absolute Gasteiger partial charge is 0.248 e. The van der Waals surface area contributed by atoms with E-state index in [4.69, 9.17) is 15.2 Å². The summed E-state index contributed by atoms with van der Waals surface area (Å²) in [4.78, 5) is 13.3. The zero-order valence-electron chi connectivity index (χ0n) is 9.28. The van der Waals surface area contributed by atoms with E-state index >= 15 is 0 Å². The number of carbonyl (C=O) groups excluding carboxylic acids is 1. The second-order valence-corrected chi connectivity index (χ2v) is 3.64. The van der Waals surface area contributed by atoms with E-state index in [0.717, 1.165) is 13.0 Å². The maximum Gasteiger partial charge on any atom is 0.248 e. The van der Waals surface area contributed by atoms with Gasteiger partial charge in [0.05, 0.1) is 13.2 Å². The van der Waals surface area contributed by atoms with Crippen molar-refractivity contribution in [1.29, 1.82) is 0 Å². The molecule has 0 aromatic heterocycles. The Morgan fingerprint density at radius 1 is 1.47 bits per heavy atom. The number of amides is 1. The van der Waals surface area contributed by atoms with Crippen molar-refractivity contribution in [3.8, 4) is 0 Å². The van der Waals surface area contributed by atoms with Crippen molar-refractivity contribution in [1.82, 2.24) is 4.90 Å². The molecule has 1 aliphatic rings. The van der Waals surface area contributed by atoms with Crippen molar-refractivity contribution in [3.05, 3.63) is 0 Å². The molecular formula is C10H20N2O3. The van der Waals surface area contributed by atoms with E-state index in [0.29, 0.717) is 26.4 Å². The van der Waals surface area contributed by atoms with E-state index < -0.39 is 0 Å². The van der Waals surface area contributed by atoms with E-state index in [-0.39, 0.29) is 18.6 Å². The third kappa shape index (κ3) is 4.59. The van der Waals surface area contributed by atoms with E-state index in [9.17, 15) is 4.79 Å². The quantitative estimate of drug-likeness (QED) is 0.614. The second kappa shape index (κ2) is 6.76. The molecule has 0 aliphatic carbocycles. The molecule has 1 saturated heterocycles. The molecule has 0 bridgehead atoms. The average molecular weight is 216 g/mol. The number of nitrogens with zero attached hydrogens (tertiary/aromatic N) is 1. The predicted molar refractivity (Wildman–Crippen MR) is 56.5 cm³/mol. The highest BCUT2D eigenvalue weighted by Crippen LogP contribution is 2.06. The molecule has 2 N–H and O–H groups in total. The Kier molecular flexibility index (Phi) is 5.60. The molecule has 5 heteroatoms. The summed E-state index contributed by atoms with van der Waals surface area (Å²) in [5, 5.41) is 0. The van der Waals surface area contributed by atoms with Crippen molar-refractivity contribution in [3.63, 3.8) is 0 Å². The van der Waals surface area contributed by atoms with Gasteiger partial charge in [-0.1, -0.05) is 0 Å².